The Morgan fingerprint density at radius 2 is 1.32 bits per heavy atom. The van der Waals surface area contributed by atoms with Gasteiger partial charge in [0.25, 0.3) is 5.91 Å². The van der Waals surface area contributed by atoms with Gasteiger partial charge in [0.1, 0.15) is 12.1 Å². The second kappa shape index (κ2) is 15.8. The van der Waals surface area contributed by atoms with Gasteiger partial charge in [-0.3, -0.25) is 9.69 Å². The molecule has 2 aromatic rings. The van der Waals surface area contributed by atoms with Crippen LogP contribution in [0, 0.1) is 0 Å². The van der Waals surface area contributed by atoms with Crippen LogP contribution in [0.2, 0.25) is 0 Å². The van der Waals surface area contributed by atoms with E-state index in [-0.39, 0.29) is 6.10 Å². The fourth-order valence-corrected chi connectivity index (χ4v) is 4.03. The van der Waals surface area contributed by atoms with Gasteiger partial charge in [0, 0.05) is 5.56 Å². The van der Waals surface area contributed by atoms with E-state index >= 15 is 0 Å². The zero-order chi connectivity index (χ0) is 27.2. The number of ether oxygens (including phenoxy) is 2. The Morgan fingerprint density at radius 1 is 0.784 bits per heavy atom. The first-order valence-electron chi connectivity index (χ1n) is 13.3. The molecule has 7 heteroatoms. The van der Waals surface area contributed by atoms with Crippen LogP contribution in [0.3, 0.4) is 0 Å². The van der Waals surface area contributed by atoms with Gasteiger partial charge in [-0.25, -0.2) is 9.59 Å². The first-order valence-corrected chi connectivity index (χ1v) is 13.3. The highest BCUT2D eigenvalue weighted by molar-refractivity contribution is 5.97. The number of hydrogen-bond donors (Lipinski definition) is 1. The summed E-state index contributed by atoms with van der Waals surface area (Å²) in [6.45, 7) is 10.8. The molecule has 1 amide bonds. The van der Waals surface area contributed by atoms with E-state index in [0.717, 1.165) is 44.3 Å². The maximum absolute atomic E-state index is 13.7. The van der Waals surface area contributed by atoms with Crippen LogP contribution >= 0.6 is 0 Å². The minimum atomic E-state index is -1.16. The van der Waals surface area contributed by atoms with Crippen molar-refractivity contribution in [1.29, 1.82) is 0 Å². The van der Waals surface area contributed by atoms with Crippen molar-refractivity contribution < 1.29 is 23.9 Å². The van der Waals surface area contributed by atoms with Crippen molar-refractivity contribution in [3.05, 3.63) is 71.8 Å². The Balaban J connectivity index is 2.31. The summed E-state index contributed by atoms with van der Waals surface area (Å²) in [5, 5.41) is 2.72. The smallest absolute Gasteiger partial charge is 0.332 e. The topological polar surface area (TPSA) is 84.9 Å². The molecule has 0 aliphatic rings. The van der Waals surface area contributed by atoms with E-state index in [2.05, 4.69) is 24.1 Å². The SMILES string of the molecule is CCCCN(CCCC)[C@H](C(=O)O[C@H](C)[C@H](NC(=O)c1ccccc1)C(=O)OC(C)C)c1ccccc1. The van der Waals surface area contributed by atoms with E-state index in [4.69, 9.17) is 9.47 Å². The predicted octanol–water partition coefficient (Wildman–Crippen LogP) is 5.31. The van der Waals surface area contributed by atoms with Gasteiger partial charge in [0.05, 0.1) is 6.10 Å². The van der Waals surface area contributed by atoms with Crippen molar-refractivity contribution >= 4 is 17.8 Å². The highest BCUT2D eigenvalue weighted by Crippen LogP contribution is 2.25. The molecule has 0 saturated carbocycles. The van der Waals surface area contributed by atoms with E-state index in [9.17, 15) is 14.4 Å². The van der Waals surface area contributed by atoms with Crippen LogP contribution in [0.5, 0.6) is 0 Å². The second-order valence-electron chi connectivity index (χ2n) is 9.50. The minimum absolute atomic E-state index is 0.387. The first kappa shape index (κ1) is 30.0. The first-order chi connectivity index (χ1) is 17.8. The second-order valence-corrected chi connectivity index (χ2v) is 9.50. The molecule has 0 aliphatic carbocycles. The molecule has 0 radical (unpaired) electrons. The van der Waals surface area contributed by atoms with Crippen molar-refractivity contribution in [3.8, 4) is 0 Å². The van der Waals surface area contributed by atoms with Gasteiger partial charge in [-0.05, 0) is 64.4 Å². The van der Waals surface area contributed by atoms with Crippen molar-refractivity contribution in [2.45, 2.75) is 84.6 Å². The molecule has 0 aromatic heterocycles. The molecule has 3 atom stereocenters. The third kappa shape index (κ3) is 9.65. The third-order valence-electron chi connectivity index (χ3n) is 6.00. The van der Waals surface area contributed by atoms with Crippen LogP contribution < -0.4 is 5.32 Å². The molecule has 2 aromatic carbocycles. The molecule has 0 unspecified atom stereocenters. The highest BCUT2D eigenvalue weighted by Gasteiger charge is 2.35. The molecule has 0 aliphatic heterocycles. The van der Waals surface area contributed by atoms with E-state index in [1.54, 1.807) is 51.1 Å². The lowest BCUT2D eigenvalue weighted by atomic mass is 10.0. The van der Waals surface area contributed by atoms with Crippen LogP contribution in [-0.2, 0) is 19.1 Å². The average Bonchev–Trinajstić information content (AvgIpc) is 2.89. The van der Waals surface area contributed by atoms with Gasteiger partial charge < -0.3 is 14.8 Å². The zero-order valence-corrected chi connectivity index (χ0v) is 22.8. The maximum atomic E-state index is 13.7. The monoisotopic (exact) mass is 510 g/mol. The fraction of sp³-hybridized carbons (Fsp3) is 0.500. The number of nitrogens with one attached hydrogen (secondary N) is 1. The van der Waals surface area contributed by atoms with Crippen molar-refractivity contribution in [2.24, 2.45) is 0 Å². The Bertz CT molecular complexity index is 956. The largest absolute Gasteiger partial charge is 0.461 e. The number of carbonyl (C=O) groups excluding carboxylic acids is 3. The quantitative estimate of drug-likeness (QED) is 0.327. The fourth-order valence-electron chi connectivity index (χ4n) is 4.03. The molecule has 0 saturated heterocycles. The van der Waals surface area contributed by atoms with E-state index in [1.807, 2.05) is 30.3 Å². The summed E-state index contributed by atoms with van der Waals surface area (Å²) in [5.74, 6) is -1.55. The number of nitrogens with zero attached hydrogens (tertiary/aromatic N) is 1. The molecule has 0 bridgehead atoms. The summed E-state index contributed by atoms with van der Waals surface area (Å²) < 4.78 is 11.3. The number of amides is 1. The summed E-state index contributed by atoms with van der Waals surface area (Å²) >= 11 is 0. The van der Waals surface area contributed by atoms with Crippen LogP contribution in [0.4, 0.5) is 0 Å². The van der Waals surface area contributed by atoms with Crippen molar-refractivity contribution in [2.75, 3.05) is 13.1 Å². The molecule has 1 N–H and O–H groups in total. The standard InChI is InChI=1S/C30H42N2O5/c1-6-8-20-32(21-9-7-2)27(24-16-12-10-13-17-24)30(35)37-23(5)26(29(34)36-22(3)4)31-28(33)25-18-14-11-15-19-25/h10-19,22-23,26-27H,6-9,20-21H2,1-5H3,(H,31,33)/t23-,26+,27+/m1/s1. The van der Waals surface area contributed by atoms with Gasteiger partial charge in [0.2, 0.25) is 0 Å². The molecule has 202 valence electrons. The summed E-state index contributed by atoms with van der Waals surface area (Å²) in [4.78, 5) is 41.7. The average molecular weight is 511 g/mol. The summed E-state index contributed by atoms with van der Waals surface area (Å²) in [6.07, 6.45) is 2.58. The molecular weight excluding hydrogens is 468 g/mol. The van der Waals surface area contributed by atoms with Crippen LogP contribution in [0.15, 0.2) is 60.7 Å². The lowest BCUT2D eigenvalue weighted by Crippen LogP contribution is -2.51. The summed E-state index contributed by atoms with van der Waals surface area (Å²) in [7, 11) is 0. The number of unbranched alkanes of at least 4 members (excludes halogenated alkanes) is 2. The lowest BCUT2D eigenvalue weighted by molar-refractivity contribution is -0.163. The normalized spacial score (nSPS) is 13.6. The molecular formula is C30H42N2O5. The van der Waals surface area contributed by atoms with Crippen LogP contribution in [0.25, 0.3) is 0 Å². The Kier molecular flexibility index (Phi) is 12.8. The van der Waals surface area contributed by atoms with Gasteiger partial charge in [-0.15, -0.1) is 0 Å². The number of esters is 2. The number of carbonyl (C=O) groups is 3. The number of hydrogen-bond acceptors (Lipinski definition) is 6. The van der Waals surface area contributed by atoms with Gasteiger partial charge in [-0.2, -0.15) is 0 Å². The molecule has 37 heavy (non-hydrogen) atoms. The zero-order valence-electron chi connectivity index (χ0n) is 22.8. The Morgan fingerprint density at radius 3 is 1.84 bits per heavy atom. The Labute approximate surface area is 221 Å². The predicted molar refractivity (Wildman–Crippen MR) is 145 cm³/mol. The third-order valence-corrected chi connectivity index (χ3v) is 6.00. The molecule has 0 spiro atoms. The summed E-state index contributed by atoms with van der Waals surface area (Å²) in [5.41, 5.74) is 1.23. The van der Waals surface area contributed by atoms with E-state index < -0.39 is 36.0 Å². The van der Waals surface area contributed by atoms with Gasteiger partial charge in [-0.1, -0.05) is 75.2 Å². The molecule has 2 rings (SSSR count). The van der Waals surface area contributed by atoms with E-state index in [1.165, 1.54) is 0 Å². The van der Waals surface area contributed by atoms with E-state index in [0.29, 0.717) is 5.56 Å². The maximum Gasteiger partial charge on any atom is 0.332 e. The molecule has 7 nitrogen and oxygen atoms in total. The summed E-state index contributed by atoms with van der Waals surface area (Å²) in [6, 6.07) is 16.4. The van der Waals surface area contributed by atoms with Crippen LogP contribution in [-0.4, -0.2) is 54.1 Å². The molecule has 0 heterocycles. The number of benzene rings is 2. The lowest BCUT2D eigenvalue weighted by Gasteiger charge is -2.32. The highest BCUT2D eigenvalue weighted by atomic mass is 16.6. The Hall–Kier alpha value is -3.19. The van der Waals surface area contributed by atoms with Gasteiger partial charge in [0.15, 0.2) is 6.04 Å². The minimum Gasteiger partial charge on any atom is -0.461 e. The van der Waals surface area contributed by atoms with Crippen molar-refractivity contribution in [3.63, 3.8) is 0 Å². The van der Waals surface area contributed by atoms with Crippen molar-refractivity contribution in [1.82, 2.24) is 10.2 Å². The van der Waals surface area contributed by atoms with Gasteiger partial charge >= 0.3 is 11.9 Å². The molecule has 0 fully saturated rings. The van der Waals surface area contributed by atoms with Crippen LogP contribution in [0.1, 0.15) is 82.3 Å². The number of rotatable bonds is 15.